The van der Waals surface area contributed by atoms with Gasteiger partial charge in [0.05, 0.1) is 5.56 Å². The van der Waals surface area contributed by atoms with Crippen LogP contribution in [0.15, 0.2) is 73.1 Å². The van der Waals surface area contributed by atoms with Gasteiger partial charge in [-0.15, -0.1) is 0 Å². The number of hydrogen-bond acceptors (Lipinski definition) is 6. The van der Waals surface area contributed by atoms with E-state index in [1.54, 1.807) is 6.07 Å². The molecule has 1 aromatic heterocycles. The van der Waals surface area contributed by atoms with Crippen molar-refractivity contribution in [1.29, 1.82) is 0 Å². The minimum Gasteiger partial charge on any atom is -0.393 e. The summed E-state index contributed by atoms with van der Waals surface area (Å²) in [6, 6.07) is 19.4. The second kappa shape index (κ2) is 7.81. The van der Waals surface area contributed by atoms with Crippen molar-refractivity contribution in [1.82, 2.24) is 15.4 Å². The van der Waals surface area contributed by atoms with Gasteiger partial charge >= 0.3 is 0 Å². The number of nitrogens with two attached hydrogens (primary N) is 1. The summed E-state index contributed by atoms with van der Waals surface area (Å²) in [5.74, 6) is -0.711. The largest absolute Gasteiger partial charge is 0.393 e. The van der Waals surface area contributed by atoms with Crippen LogP contribution in [-0.2, 0) is 0 Å². The van der Waals surface area contributed by atoms with E-state index in [1.807, 2.05) is 42.5 Å². The molecule has 144 valence electrons. The van der Waals surface area contributed by atoms with Crippen molar-refractivity contribution in [2.75, 3.05) is 16.5 Å². The van der Waals surface area contributed by atoms with Gasteiger partial charge in [0.1, 0.15) is 17.8 Å². The van der Waals surface area contributed by atoms with E-state index in [1.165, 1.54) is 24.5 Å². The van der Waals surface area contributed by atoms with E-state index in [9.17, 15) is 9.18 Å². The fourth-order valence-corrected chi connectivity index (χ4v) is 2.89. The number of aromatic nitrogens is 2. The maximum Gasteiger partial charge on any atom is 0.272 e. The van der Waals surface area contributed by atoms with Gasteiger partial charge in [-0.2, -0.15) is 0 Å². The molecule has 0 saturated carbocycles. The topological polar surface area (TPSA) is 105 Å². The summed E-state index contributed by atoms with van der Waals surface area (Å²) in [4.78, 5) is 20.4. The van der Waals surface area contributed by atoms with E-state index in [0.717, 1.165) is 16.5 Å². The molecular weight excluding hydrogens is 371 g/mol. The highest BCUT2D eigenvalue weighted by Crippen LogP contribution is 2.29. The van der Waals surface area contributed by atoms with Crippen LogP contribution >= 0.6 is 0 Å². The van der Waals surface area contributed by atoms with Crippen LogP contribution in [0.25, 0.3) is 10.8 Å². The smallest absolute Gasteiger partial charge is 0.272 e. The summed E-state index contributed by atoms with van der Waals surface area (Å²) in [5, 5.41) is 5.27. The summed E-state index contributed by atoms with van der Waals surface area (Å²) in [6.45, 7) is 0. The summed E-state index contributed by atoms with van der Waals surface area (Å²) in [7, 11) is 0. The minimum atomic E-state index is -0.648. The molecule has 1 amide bonds. The van der Waals surface area contributed by atoms with Gasteiger partial charge in [-0.3, -0.25) is 15.6 Å². The molecule has 0 unspecified atom stereocenters. The first-order valence-corrected chi connectivity index (χ1v) is 8.79. The van der Waals surface area contributed by atoms with Gasteiger partial charge in [-0.05, 0) is 23.6 Å². The quantitative estimate of drug-likeness (QED) is 0.387. The monoisotopic (exact) mass is 388 g/mol. The van der Waals surface area contributed by atoms with Crippen molar-refractivity contribution < 1.29 is 9.18 Å². The van der Waals surface area contributed by atoms with Crippen molar-refractivity contribution in [2.24, 2.45) is 0 Å². The number of carbonyl (C=O) groups is 1. The van der Waals surface area contributed by atoms with Crippen LogP contribution in [0.2, 0.25) is 0 Å². The van der Waals surface area contributed by atoms with Gasteiger partial charge in [-0.25, -0.2) is 14.4 Å². The van der Waals surface area contributed by atoms with Crippen molar-refractivity contribution >= 4 is 39.7 Å². The Labute approximate surface area is 165 Å². The van der Waals surface area contributed by atoms with E-state index < -0.39 is 11.7 Å². The molecule has 1 heterocycles. The molecule has 0 atom stereocenters. The number of nitrogen functional groups attached to an aromatic ring is 1. The number of fused-ring (bicyclic) bond motifs is 1. The summed E-state index contributed by atoms with van der Waals surface area (Å²) in [6.07, 6.45) is 1.31. The second-order valence-electron chi connectivity index (χ2n) is 6.20. The lowest BCUT2D eigenvalue weighted by molar-refractivity contribution is 0.0958. The maximum atomic E-state index is 13.7. The fourth-order valence-electron chi connectivity index (χ4n) is 2.89. The van der Waals surface area contributed by atoms with Gasteiger partial charge in [0, 0.05) is 11.1 Å². The highest BCUT2D eigenvalue weighted by Gasteiger charge is 2.13. The molecule has 29 heavy (non-hydrogen) atoms. The number of halogens is 1. The molecule has 0 radical (unpaired) electrons. The molecule has 3 aromatic carbocycles. The number of anilines is 4. The van der Waals surface area contributed by atoms with Crippen LogP contribution in [0.4, 0.5) is 27.4 Å². The lowest BCUT2D eigenvalue weighted by Gasteiger charge is -2.14. The molecule has 0 fully saturated rings. The Hall–Kier alpha value is -4.20. The first-order valence-electron chi connectivity index (χ1n) is 8.79. The average molecular weight is 388 g/mol. The van der Waals surface area contributed by atoms with E-state index in [-0.39, 0.29) is 17.1 Å². The van der Waals surface area contributed by atoms with Gasteiger partial charge < -0.3 is 11.1 Å². The van der Waals surface area contributed by atoms with Crippen molar-refractivity contribution in [3.63, 3.8) is 0 Å². The lowest BCUT2D eigenvalue weighted by atomic mass is 10.1. The zero-order chi connectivity index (χ0) is 20.2. The minimum absolute atomic E-state index is 0.0956. The number of carbonyl (C=O) groups excluding carboxylic acids is 1. The third-order valence-electron chi connectivity index (χ3n) is 4.34. The predicted octanol–water partition coefficient (Wildman–Crippen LogP) is 3.85. The molecule has 4 aromatic rings. The Morgan fingerprint density at radius 3 is 2.48 bits per heavy atom. The standard InChI is InChI=1S/C21H17FN6O/c22-16-10-4-3-9-15(16)21(29)28-27-20-18(23)19(24-12-25-20)26-17-11-5-7-13-6-1-2-8-14(13)17/h1-12H,23H2,(H,28,29)(H2,24,25,26,27). The van der Waals surface area contributed by atoms with E-state index in [0.29, 0.717) is 5.82 Å². The molecule has 0 saturated heterocycles. The molecule has 0 aliphatic heterocycles. The van der Waals surface area contributed by atoms with Crippen LogP contribution in [-0.4, -0.2) is 15.9 Å². The number of amides is 1. The predicted molar refractivity (Wildman–Crippen MR) is 111 cm³/mol. The maximum absolute atomic E-state index is 13.7. The van der Waals surface area contributed by atoms with Gasteiger partial charge in [0.15, 0.2) is 11.6 Å². The molecular formula is C21H17FN6O. The first-order chi connectivity index (χ1) is 14.1. The zero-order valence-corrected chi connectivity index (χ0v) is 15.2. The van der Waals surface area contributed by atoms with Crippen molar-refractivity contribution in [2.45, 2.75) is 0 Å². The first kappa shape index (κ1) is 18.2. The number of benzene rings is 3. The van der Waals surface area contributed by atoms with Crippen LogP contribution < -0.4 is 21.9 Å². The molecule has 8 heteroatoms. The van der Waals surface area contributed by atoms with Crippen molar-refractivity contribution in [3.05, 3.63) is 84.4 Å². The highest BCUT2D eigenvalue weighted by molar-refractivity contribution is 5.97. The SMILES string of the molecule is Nc1c(NNC(=O)c2ccccc2F)ncnc1Nc1cccc2ccccc12. The van der Waals surface area contributed by atoms with E-state index in [4.69, 9.17) is 5.73 Å². The van der Waals surface area contributed by atoms with Crippen LogP contribution in [0.3, 0.4) is 0 Å². The molecule has 0 aliphatic carbocycles. The number of hydrazine groups is 1. The lowest BCUT2D eigenvalue weighted by Crippen LogP contribution is -2.31. The molecule has 7 nitrogen and oxygen atoms in total. The van der Waals surface area contributed by atoms with Gasteiger partial charge in [0.25, 0.3) is 5.91 Å². The van der Waals surface area contributed by atoms with Crippen LogP contribution in [0.1, 0.15) is 10.4 Å². The molecule has 0 aliphatic rings. The average Bonchev–Trinajstić information content (AvgIpc) is 2.75. The molecule has 4 rings (SSSR count). The molecule has 0 spiro atoms. The Balaban J connectivity index is 1.55. The zero-order valence-electron chi connectivity index (χ0n) is 15.2. The second-order valence-corrected chi connectivity index (χ2v) is 6.20. The van der Waals surface area contributed by atoms with E-state index >= 15 is 0 Å². The Kier molecular flexibility index (Phi) is 4.90. The normalized spacial score (nSPS) is 10.5. The van der Waals surface area contributed by atoms with Crippen LogP contribution in [0.5, 0.6) is 0 Å². The summed E-state index contributed by atoms with van der Waals surface area (Å²) >= 11 is 0. The third-order valence-corrected chi connectivity index (χ3v) is 4.34. The number of nitrogens with one attached hydrogen (secondary N) is 3. The fraction of sp³-hybridized carbons (Fsp3) is 0. The summed E-state index contributed by atoms with van der Waals surface area (Å²) in [5.41, 5.74) is 12.1. The number of nitrogens with zero attached hydrogens (tertiary/aromatic N) is 2. The van der Waals surface area contributed by atoms with Gasteiger partial charge in [-0.1, -0.05) is 48.5 Å². The number of hydrogen-bond donors (Lipinski definition) is 4. The van der Waals surface area contributed by atoms with Crippen LogP contribution in [0, 0.1) is 5.82 Å². The Bertz CT molecular complexity index is 1190. The van der Waals surface area contributed by atoms with Crippen molar-refractivity contribution in [3.8, 4) is 0 Å². The Morgan fingerprint density at radius 2 is 1.62 bits per heavy atom. The van der Waals surface area contributed by atoms with E-state index in [2.05, 4.69) is 26.1 Å². The third kappa shape index (κ3) is 3.77. The number of rotatable bonds is 5. The Morgan fingerprint density at radius 1 is 0.897 bits per heavy atom. The molecule has 5 N–H and O–H groups in total. The summed E-state index contributed by atoms with van der Waals surface area (Å²) < 4.78 is 13.7. The van der Waals surface area contributed by atoms with Gasteiger partial charge in [0.2, 0.25) is 0 Å². The molecule has 0 bridgehead atoms. The highest BCUT2D eigenvalue weighted by atomic mass is 19.1.